The summed E-state index contributed by atoms with van der Waals surface area (Å²) in [6.45, 7) is 4.71. The molecule has 0 saturated carbocycles. The normalized spacial score (nSPS) is 9.72. The van der Waals surface area contributed by atoms with E-state index in [0.717, 1.165) is 5.56 Å². The Bertz CT molecular complexity index is 802. The third-order valence-electron chi connectivity index (χ3n) is 3.25. The van der Waals surface area contributed by atoms with Gasteiger partial charge >= 0.3 is 11.9 Å². The number of ketones is 1. The lowest BCUT2D eigenvalue weighted by molar-refractivity contribution is 0.0682. The van der Waals surface area contributed by atoms with Crippen LogP contribution in [0.4, 0.5) is 0 Å². The quantitative estimate of drug-likeness (QED) is 0.628. The summed E-state index contributed by atoms with van der Waals surface area (Å²) in [5, 5.41) is 35.7. The Balaban J connectivity index is 0.000000257. The molecule has 7 nitrogen and oxygen atoms in total. The third-order valence-corrected chi connectivity index (χ3v) is 3.25. The average Bonchev–Trinajstić information content (AvgIpc) is 2.51. The van der Waals surface area contributed by atoms with Crippen LogP contribution in [0.2, 0.25) is 0 Å². The molecule has 0 amide bonds. The molecule has 7 heteroatoms. The molecule has 0 unspecified atom stereocenters. The summed E-state index contributed by atoms with van der Waals surface area (Å²) in [7, 11) is 0. The number of hydrogen-bond donors (Lipinski definition) is 4. The number of rotatable bonds is 3. The number of carbonyl (C=O) groups is 3. The molecule has 0 spiro atoms. The Kier molecular flexibility index (Phi) is 6.27. The summed E-state index contributed by atoms with van der Waals surface area (Å²) in [4.78, 5) is 32.1. The highest BCUT2D eigenvalue weighted by Crippen LogP contribution is 2.24. The smallest absolute Gasteiger partial charge is 0.339 e. The summed E-state index contributed by atoms with van der Waals surface area (Å²) >= 11 is 0. The lowest BCUT2D eigenvalue weighted by Gasteiger charge is -2.05. The van der Waals surface area contributed by atoms with E-state index in [2.05, 4.69) is 0 Å². The summed E-state index contributed by atoms with van der Waals surface area (Å²) in [5.41, 5.74) is 1.20. The molecule has 0 aliphatic heterocycles. The monoisotopic (exact) mass is 346 g/mol. The first-order valence-electron chi connectivity index (χ1n) is 7.15. The van der Waals surface area contributed by atoms with Crippen LogP contribution < -0.4 is 0 Å². The van der Waals surface area contributed by atoms with Crippen molar-refractivity contribution in [1.82, 2.24) is 0 Å². The zero-order valence-corrected chi connectivity index (χ0v) is 13.9. The van der Waals surface area contributed by atoms with Gasteiger partial charge in [0.2, 0.25) is 0 Å². The van der Waals surface area contributed by atoms with Gasteiger partial charge in [0.15, 0.2) is 5.78 Å². The lowest BCUT2D eigenvalue weighted by atomic mass is 10.0. The number of carboxylic acid groups (broad SMARTS) is 2. The predicted molar refractivity (Wildman–Crippen MR) is 89.6 cm³/mol. The molecule has 2 rings (SSSR count). The van der Waals surface area contributed by atoms with Crippen LogP contribution in [-0.4, -0.2) is 38.1 Å². The highest BCUT2D eigenvalue weighted by molar-refractivity contribution is 6.02. The average molecular weight is 346 g/mol. The molecule has 0 aliphatic rings. The zero-order chi connectivity index (χ0) is 19.3. The SMILES string of the molecule is CC(=O)c1cc(C)cc(C(=O)O)c1O.Cc1ccc(O)c(C(=O)O)c1. The van der Waals surface area contributed by atoms with Crippen molar-refractivity contribution in [2.24, 2.45) is 0 Å². The van der Waals surface area contributed by atoms with Gasteiger partial charge in [-0.05, 0) is 50.6 Å². The van der Waals surface area contributed by atoms with E-state index in [1.807, 2.05) is 0 Å². The topological polar surface area (TPSA) is 132 Å². The van der Waals surface area contributed by atoms with Gasteiger partial charge in [0.05, 0.1) is 5.56 Å². The number of aryl methyl sites for hydroxylation is 2. The van der Waals surface area contributed by atoms with E-state index >= 15 is 0 Å². The molecule has 0 saturated heterocycles. The molecule has 0 bridgehead atoms. The standard InChI is InChI=1S/C10H10O4.C8H8O3/c1-5-3-7(6(2)11)9(12)8(4-5)10(13)14;1-5-2-3-7(9)6(4-5)8(10)11/h3-4,12H,1-2H3,(H,13,14);2-4,9H,1H3,(H,10,11). The second-order valence-electron chi connectivity index (χ2n) is 5.40. The van der Waals surface area contributed by atoms with Gasteiger partial charge in [-0.2, -0.15) is 0 Å². The maximum atomic E-state index is 11.0. The Morgan fingerprint density at radius 2 is 1.24 bits per heavy atom. The van der Waals surface area contributed by atoms with Crippen LogP contribution in [0.1, 0.15) is 49.1 Å². The molecule has 0 aromatic heterocycles. The number of phenols is 2. The molecular weight excluding hydrogens is 328 g/mol. The molecule has 2 aromatic carbocycles. The first-order valence-corrected chi connectivity index (χ1v) is 7.15. The second-order valence-corrected chi connectivity index (χ2v) is 5.40. The third kappa shape index (κ3) is 5.07. The van der Waals surface area contributed by atoms with Gasteiger partial charge in [0, 0.05) is 0 Å². The van der Waals surface area contributed by atoms with Crippen LogP contribution in [0, 0.1) is 13.8 Å². The Morgan fingerprint density at radius 1 is 0.760 bits per heavy atom. The van der Waals surface area contributed by atoms with Crippen LogP contribution in [0.3, 0.4) is 0 Å². The largest absolute Gasteiger partial charge is 0.507 e. The van der Waals surface area contributed by atoms with Crippen molar-refractivity contribution in [1.29, 1.82) is 0 Å². The highest BCUT2D eigenvalue weighted by atomic mass is 16.4. The molecule has 4 N–H and O–H groups in total. The van der Waals surface area contributed by atoms with Gasteiger partial charge < -0.3 is 20.4 Å². The zero-order valence-electron chi connectivity index (χ0n) is 13.9. The Hall–Kier alpha value is -3.35. The number of carboxylic acids is 2. The van der Waals surface area contributed by atoms with E-state index in [1.54, 1.807) is 19.9 Å². The van der Waals surface area contributed by atoms with E-state index in [1.165, 1.54) is 31.2 Å². The maximum Gasteiger partial charge on any atom is 0.339 e. The molecule has 25 heavy (non-hydrogen) atoms. The number of aromatic carboxylic acids is 2. The molecule has 132 valence electrons. The van der Waals surface area contributed by atoms with E-state index in [0.29, 0.717) is 5.56 Å². The lowest BCUT2D eigenvalue weighted by Crippen LogP contribution is -2.02. The number of carbonyl (C=O) groups excluding carboxylic acids is 1. The molecule has 2 aromatic rings. The second kappa shape index (κ2) is 7.96. The van der Waals surface area contributed by atoms with Crippen molar-refractivity contribution in [3.63, 3.8) is 0 Å². The Morgan fingerprint density at radius 3 is 1.68 bits per heavy atom. The minimum absolute atomic E-state index is 0.0439. The number of hydrogen-bond acceptors (Lipinski definition) is 5. The number of aromatic hydroxyl groups is 2. The van der Waals surface area contributed by atoms with E-state index in [-0.39, 0.29) is 28.2 Å². The fourth-order valence-electron chi connectivity index (χ4n) is 2.03. The van der Waals surface area contributed by atoms with Crippen molar-refractivity contribution >= 4 is 17.7 Å². The molecule has 0 aliphatic carbocycles. The molecule has 0 atom stereocenters. The summed E-state index contributed by atoms with van der Waals surface area (Å²) in [6.07, 6.45) is 0. The van der Waals surface area contributed by atoms with Crippen LogP contribution in [0.5, 0.6) is 11.5 Å². The summed E-state index contributed by atoms with van der Waals surface area (Å²) in [6, 6.07) is 7.24. The van der Waals surface area contributed by atoms with Crippen molar-refractivity contribution in [3.8, 4) is 11.5 Å². The van der Waals surface area contributed by atoms with Gasteiger partial charge in [0.1, 0.15) is 22.6 Å². The van der Waals surface area contributed by atoms with Crippen LogP contribution >= 0.6 is 0 Å². The minimum atomic E-state index is -1.24. The number of Topliss-reactive ketones (excluding diaryl/α,β-unsaturated/α-hetero) is 1. The van der Waals surface area contributed by atoms with E-state index in [4.69, 9.17) is 15.3 Å². The number of benzene rings is 2. The van der Waals surface area contributed by atoms with Gasteiger partial charge in [-0.25, -0.2) is 9.59 Å². The molecule has 0 radical (unpaired) electrons. The van der Waals surface area contributed by atoms with Crippen LogP contribution in [0.25, 0.3) is 0 Å². The minimum Gasteiger partial charge on any atom is -0.507 e. The molecular formula is C18H18O7. The first kappa shape index (κ1) is 19.7. The molecule has 0 heterocycles. The van der Waals surface area contributed by atoms with Gasteiger partial charge in [-0.3, -0.25) is 4.79 Å². The van der Waals surface area contributed by atoms with Gasteiger partial charge in [-0.1, -0.05) is 11.6 Å². The van der Waals surface area contributed by atoms with Crippen molar-refractivity contribution in [3.05, 3.63) is 58.1 Å². The summed E-state index contributed by atoms with van der Waals surface area (Å²) in [5.74, 6) is -3.35. The fraction of sp³-hybridized carbons (Fsp3) is 0.167. The van der Waals surface area contributed by atoms with Gasteiger partial charge in [0.25, 0.3) is 0 Å². The predicted octanol–water partition coefficient (Wildman–Crippen LogP) is 3.00. The van der Waals surface area contributed by atoms with Crippen molar-refractivity contribution in [2.45, 2.75) is 20.8 Å². The van der Waals surface area contributed by atoms with Crippen LogP contribution in [-0.2, 0) is 0 Å². The van der Waals surface area contributed by atoms with Gasteiger partial charge in [-0.15, -0.1) is 0 Å². The summed E-state index contributed by atoms with van der Waals surface area (Å²) < 4.78 is 0. The fourth-order valence-corrected chi connectivity index (χ4v) is 2.03. The Labute approximate surface area is 143 Å². The molecule has 0 fully saturated rings. The van der Waals surface area contributed by atoms with Crippen molar-refractivity contribution < 1.29 is 34.8 Å². The van der Waals surface area contributed by atoms with E-state index < -0.39 is 17.7 Å². The van der Waals surface area contributed by atoms with Crippen molar-refractivity contribution in [2.75, 3.05) is 0 Å². The van der Waals surface area contributed by atoms with E-state index in [9.17, 15) is 19.5 Å². The maximum absolute atomic E-state index is 11.0. The first-order chi connectivity index (χ1) is 11.5. The highest BCUT2D eigenvalue weighted by Gasteiger charge is 2.16. The van der Waals surface area contributed by atoms with Crippen LogP contribution in [0.15, 0.2) is 30.3 Å².